The lowest BCUT2D eigenvalue weighted by Gasteiger charge is -2.15. The standard InChI is InChI=1S/C29H29N3O6/c1-3-38-25(33)10-7-15-30-28(35)26-27(34)23-16-22(20-11-13-21(37-2)14-12-20)29(36)32(24(23)17-31-26)18-19-8-5-4-6-9-19/h4-6,8-9,11-14,16-17,34H,3,7,10,15,18H2,1-2H3,(H,30,35). The molecular formula is C29H29N3O6. The van der Waals surface area contributed by atoms with E-state index in [4.69, 9.17) is 9.47 Å². The first kappa shape index (κ1) is 26.4. The topological polar surface area (TPSA) is 120 Å². The minimum absolute atomic E-state index is 0.167. The number of carbonyl (C=O) groups excluding carboxylic acids is 2. The number of esters is 1. The van der Waals surface area contributed by atoms with E-state index >= 15 is 0 Å². The number of aromatic hydroxyl groups is 1. The van der Waals surface area contributed by atoms with Crippen molar-refractivity contribution in [2.45, 2.75) is 26.3 Å². The summed E-state index contributed by atoms with van der Waals surface area (Å²) >= 11 is 0. The lowest BCUT2D eigenvalue weighted by molar-refractivity contribution is -0.143. The third-order valence-electron chi connectivity index (χ3n) is 6.07. The zero-order chi connectivity index (χ0) is 27.1. The third-order valence-corrected chi connectivity index (χ3v) is 6.07. The van der Waals surface area contributed by atoms with E-state index in [-0.39, 0.29) is 42.5 Å². The van der Waals surface area contributed by atoms with Gasteiger partial charge in [0.05, 0.1) is 32.0 Å². The molecule has 196 valence electrons. The molecule has 0 saturated heterocycles. The van der Waals surface area contributed by atoms with Crippen molar-refractivity contribution in [1.82, 2.24) is 14.9 Å². The zero-order valence-corrected chi connectivity index (χ0v) is 21.3. The number of rotatable bonds is 10. The third kappa shape index (κ3) is 5.83. The summed E-state index contributed by atoms with van der Waals surface area (Å²) in [6.07, 6.45) is 1.98. The minimum atomic E-state index is -0.583. The van der Waals surface area contributed by atoms with Gasteiger partial charge in [0.15, 0.2) is 11.4 Å². The van der Waals surface area contributed by atoms with Gasteiger partial charge in [0.25, 0.3) is 11.5 Å². The van der Waals surface area contributed by atoms with Crippen molar-refractivity contribution in [1.29, 1.82) is 0 Å². The van der Waals surface area contributed by atoms with E-state index in [1.54, 1.807) is 44.4 Å². The Labute approximate surface area is 219 Å². The molecule has 38 heavy (non-hydrogen) atoms. The highest BCUT2D eigenvalue weighted by atomic mass is 16.5. The summed E-state index contributed by atoms with van der Waals surface area (Å²) in [5.74, 6) is -0.606. The van der Waals surface area contributed by atoms with E-state index in [1.165, 1.54) is 10.8 Å². The number of amides is 1. The van der Waals surface area contributed by atoms with E-state index in [9.17, 15) is 19.5 Å². The quantitative estimate of drug-likeness (QED) is 0.243. The Morgan fingerprint density at radius 1 is 1.08 bits per heavy atom. The fraction of sp³-hybridized carbons (Fsp3) is 0.241. The second kappa shape index (κ2) is 12.1. The SMILES string of the molecule is CCOC(=O)CCCNC(=O)c1ncc2c(cc(-c3ccc(OC)cc3)c(=O)n2Cc2ccccc2)c1O. The molecular weight excluding hydrogens is 486 g/mol. The van der Waals surface area contributed by atoms with Crippen LogP contribution in [0.1, 0.15) is 35.8 Å². The van der Waals surface area contributed by atoms with Crippen molar-refractivity contribution < 1.29 is 24.2 Å². The van der Waals surface area contributed by atoms with Gasteiger partial charge in [-0.05, 0) is 42.7 Å². The van der Waals surface area contributed by atoms with Crippen LogP contribution in [0.2, 0.25) is 0 Å². The summed E-state index contributed by atoms with van der Waals surface area (Å²) in [7, 11) is 1.56. The maximum Gasteiger partial charge on any atom is 0.305 e. The maximum atomic E-state index is 13.7. The number of pyridine rings is 2. The summed E-state index contributed by atoms with van der Waals surface area (Å²) in [4.78, 5) is 42.2. The predicted molar refractivity (Wildman–Crippen MR) is 143 cm³/mol. The Morgan fingerprint density at radius 3 is 2.50 bits per heavy atom. The second-order valence-electron chi connectivity index (χ2n) is 8.58. The maximum absolute atomic E-state index is 13.7. The van der Waals surface area contributed by atoms with Crippen molar-refractivity contribution >= 4 is 22.8 Å². The average Bonchev–Trinajstić information content (AvgIpc) is 2.93. The van der Waals surface area contributed by atoms with Crippen LogP contribution in [-0.4, -0.2) is 46.8 Å². The molecule has 4 rings (SSSR count). The molecule has 0 saturated carbocycles. The molecule has 1 amide bonds. The zero-order valence-electron chi connectivity index (χ0n) is 21.3. The highest BCUT2D eigenvalue weighted by molar-refractivity contribution is 6.01. The molecule has 0 aliphatic heterocycles. The molecule has 0 atom stereocenters. The normalized spacial score (nSPS) is 10.8. The number of aromatic nitrogens is 2. The molecule has 2 aromatic heterocycles. The van der Waals surface area contributed by atoms with Gasteiger partial charge in [-0.15, -0.1) is 0 Å². The minimum Gasteiger partial charge on any atom is -0.505 e. The summed E-state index contributed by atoms with van der Waals surface area (Å²) in [5.41, 5.74) is 1.86. The second-order valence-corrected chi connectivity index (χ2v) is 8.58. The fourth-order valence-electron chi connectivity index (χ4n) is 4.14. The van der Waals surface area contributed by atoms with E-state index < -0.39 is 5.91 Å². The highest BCUT2D eigenvalue weighted by Gasteiger charge is 2.20. The van der Waals surface area contributed by atoms with Gasteiger partial charge in [-0.2, -0.15) is 0 Å². The molecule has 0 aliphatic carbocycles. The first-order valence-corrected chi connectivity index (χ1v) is 12.3. The smallest absolute Gasteiger partial charge is 0.305 e. The molecule has 9 heteroatoms. The molecule has 4 aromatic rings. The molecule has 0 radical (unpaired) electrons. The predicted octanol–water partition coefficient (Wildman–Crippen LogP) is 3.90. The van der Waals surface area contributed by atoms with E-state index in [2.05, 4.69) is 10.3 Å². The number of methoxy groups -OCH3 is 1. The summed E-state index contributed by atoms with van der Waals surface area (Å²) in [6, 6.07) is 18.1. The van der Waals surface area contributed by atoms with Crippen molar-refractivity contribution in [3.63, 3.8) is 0 Å². The lowest BCUT2D eigenvalue weighted by Crippen LogP contribution is -2.27. The first-order chi connectivity index (χ1) is 18.4. The number of ether oxygens (including phenoxy) is 2. The van der Waals surface area contributed by atoms with Gasteiger partial charge >= 0.3 is 5.97 Å². The monoisotopic (exact) mass is 515 g/mol. The van der Waals surface area contributed by atoms with Crippen LogP contribution in [0.4, 0.5) is 0 Å². The van der Waals surface area contributed by atoms with Gasteiger partial charge in [0.1, 0.15) is 5.75 Å². The fourth-order valence-corrected chi connectivity index (χ4v) is 4.14. The number of nitrogens with one attached hydrogen (secondary N) is 1. The summed E-state index contributed by atoms with van der Waals surface area (Å²) in [5, 5.41) is 14.1. The summed E-state index contributed by atoms with van der Waals surface area (Å²) in [6.45, 7) is 2.49. The Kier molecular flexibility index (Phi) is 8.37. The number of carbonyl (C=O) groups is 2. The van der Waals surface area contributed by atoms with Crippen LogP contribution in [0, 0.1) is 0 Å². The van der Waals surface area contributed by atoms with Crippen molar-refractivity contribution in [2.75, 3.05) is 20.3 Å². The van der Waals surface area contributed by atoms with Crippen LogP contribution in [0.3, 0.4) is 0 Å². The number of fused-ring (bicyclic) bond motifs is 1. The number of hydrogen-bond donors (Lipinski definition) is 2. The van der Waals surface area contributed by atoms with Crippen LogP contribution < -0.4 is 15.6 Å². The molecule has 2 N–H and O–H groups in total. The molecule has 0 aliphatic rings. The molecule has 0 spiro atoms. The molecule has 0 fully saturated rings. The number of benzene rings is 2. The Balaban J connectivity index is 1.73. The Morgan fingerprint density at radius 2 is 1.82 bits per heavy atom. The Bertz CT molecular complexity index is 1500. The molecule has 2 heterocycles. The van der Waals surface area contributed by atoms with Gasteiger partial charge in [0.2, 0.25) is 0 Å². The molecule has 2 aromatic carbocycles. The molecule has 0 unspecified atom stereocenters. The number of nitrogens with zero attached hydrogens (tertiary/aromatic N) is 2. The van der Waals surface area contributed by atoms with Crippen molar-refractivity contribution in [3.8, 4) is 22.6 Å². The van der Waals surface area contributed by atoms with Crippen LogP contribution in [0.5, 0.6) is 11.5 Å². The number of hydrogen-bond acceptors (Lipinski definition) is 7. The van der Waals surface area contributed by atoms with Crippen LogP contribution in [0.25, 0.3) is 22.0 Å². The van der Waals surface area contributed by atoms with Crippen LogP contribution in [0.15, 0.2) is 71.7 Å². The van der Waals surface area contributed by atoms with Crippen LogP contribution >= 0.6 is 0 Å². The lowest BCUT2D eigenvalue weighted by atomic mass is 10.0. The average molecular weight is 516 g/mol. The largest absolute Gasteiger partial charge is 0.505 e. The molecule has 9 nitrogen and oxygen atoms in total. The van der Waals surface area contributed by atoms with Gasteiger partial charge < -0.3 is 24.5 Å². The van der Waals surface area contributed by atoms with Gasteiger partial charge in [-0.3, -0.25) is 14.4 Å². The Hall–Kier alpha value is -4.66. The van der Waals surface area contributed by atoms with E-state index in [0.29, 0.717) is 40.8 Å². The van der Waals surface area contributed by atoms with E-state index in [1.807, 2.05) is 30.3 Å². The molecule has 0 bridgehead atoms. The highest BCUT2D eigenvalue weighted by Crippen LogP contribution is 2.30. The van der Waals surface area contributed by atoms with Gasteiger partial charge in [-0.25, -0.2) is 4.98 Å². The van der Waals surface area contributed by atoms with E-state index in [0.717, 1.165) is 5.56 Å². The van der Waals surface area contributed by atoms with Gasteiger partial charge in [0, 0.05) is 23.9 Å². The van der Waals surface area contributed by atoms with Crippen molar-refractivity contribution in [3.05, 3.63) is 88.5 Å². The van der Waals surface area contributed by atoms with Crippen LogP contribution in [-0.2, 0) is 16.1 Å². The van der Waals surface area contributed by atoms with Crippen molar-refractivity contribution in [2.24, 2.45) is 0 Å². The van der Waals surface area contributed by atoms with Gasteiger partial charge in [-0.1, -0.05) is 42.5 Å². The first-order valence-electron chi connectivity index (χ1n) is 12.3. The summed E-state index contributed by atoms with van der Waals surface area (Å²) < 4.78 is 11.7.